The molecule has 7 nitrogen and oxygen atoms in total. The molecule has 8 heteroatoms. The molecule has 0 aliphatic heterocycles. The van der Waals surface area contributed by atoms with E-state index in [2.05, 4.69) is 15.5 Å². The maximum atomic E-state index is 11.7. The number of aromatic amines is 1. The summed E-state index contributed by atoms with van der Waals surface area (Å²) in [4.78, 5) is 23.3. The summed E-state index contributed by atoms with van der Waals surface area (Å²) < 4.78 is 6.43. The van der Waals surface area contributed by atoms with E-state index in [0.29, 0.717) is 11.6 Å². The second kappa shape index (κ2) is 7.65. The van der Waals surface area contributed by atoms with E-state index >= 15 is 0 Å². The van der Waals surface area contributed by atoms with Crippen molar-refractivity contribution in [1.29, 1.82) is 0 Å². The molecule has 0 aromatic carbocycles. The van der Waals surface area contributed by atoms with Crippen molar-refractivity contribution in [2.24, 2.45) is 0 Å². The molecule has 0 fully saturated rings. The van der Waals surface area contributed by atoms with Crippen LogP contribution >= 0.6 is 11.8 Å². The maximum absolute atomic E-state index is 11.7. The van der Waals surface area contributed by atoms with Crippen molar-refractivity contribution >= 4 is 17.7 Å². The molecule has 0 radical (unpaired) electrons. The molecule has 0 saturated heterocycles. The third-order valence-corrected chi connectivity index (χ3v) is 4.47. The third-order valence-electron chi connectivity index (χ3n) is 3.43. The summed E-state index contributed by atoms with van der Waals surface area (Å²) in [6.07, 6.45) is 1.45. The smallest absolute Gasteiger partial charge is 0.344 e. The van der Waals surface area contributed by atoms with E-state index in [-0.39, 0.29) is 17.7 Å². The molecule has 0 amide bonds. The summed E-state index contributed by atoms with van der Waals surface area (Å²) >= 11 is 1.51. The highest BCUT2D eigenvalue weighted by molar-refractivity contribution is 7.99. The molecular formula is C13H24N4O3S. The molecule has 0 aliphatic carbocycles. The van der Waals surface area contributed by atoms with Crippen LogP contribution in [0.3, 0.4) is 0 Å². The summed E-state index contributed by atoms with van der Waals surface area (Å²) in [7, 11) is 3.13. The largest absolute Gasteiger partial charge is 0.468 e. The van der Waals surface area contributed by atoms with Gasteiger partial charge in [-0.2, -0.15) is 0 Å². The van der Waals surface area contributed by atoms with E-state index in [9.17, 15) is 9.59 Å². The predicted octanol–water partition coefficient (Wildman–Crippen LogP) is 1.18. The zero-order valence-electron chi connectivity index (χ0n) is 13.2. The van der Waals surface area contributed by atoms with Crippen LogP contribution in [0.5, 0.6) is 0 Å². The predicted molar refractivity (Wildman–Crippen MR) is 82.7 cm³/mol. The minimum Gasteiger partial charge on any atom is -0.468 e. The van der Waals surface area contributed by atoms with Crippen LogP contribution in [0.4, 0.5) is 0 Å². The second-order valence-corrected chi connectivity index (χ2v) is 6.36. The molecule has 21 heavy (non-hydrogen) atoms. The van der Waals surface area contributed by atoms with Crippen LogP contribution in [-0.2, 0) is 9.53 Å². The van der Waals surface area contributed by atoms with Gasteiger partial charge in [0.2, 0.25) is 0 Å². The Hall–Kier alpha value is -1.28. The monoisotopic (exact) mass is 316 g/mol. The van der Waals surface area contributed by atoms with Crippen molar-refractivity contribution in [2.45, 2.75) is 50.4 Å². The van der Waals surface area contributed by atoms with Crippen LogP contribution < -0.4 is 11.0 Å². The number of nitrogens with zero attached hydrogens (tertiary/aromatic N) is 2. The molecule has 1 unspecified atom stereocenters. The molecule has 0 spiro atoms. The summed E-state index contributed by atoms with van der Waals surface area (Å²) in [6, 6.07) is 0.0661. The van der Waals surface area contributed by atoms with Gasteiger partial charge in [-0.05, 0) is 40.7 Å². The van der Waals surface area contributed by atoms with Crippen LogP contribution in [0.2, 0.25) is 0 Å². The Kier molecular flexibility index (Phi) is 6.47. The lowest BCUT2D eigenvalue weighted by Gasteiger charge is -2.25. The van der Waals surface area contributed by atoms with Gasteiger partial charge in [0, 0.05) is 11.8 Å². The Labute approximate surface area is 128 Å². The van der Waals surface area contributed by atoms with Crippen molar-refractivity contribution in [3.63, 3.8) is 0 Å². The molecule has 1 aromatic heterocycles. The first-order chi connectivity index (χ1) is 9.85. The Morgan fingerprint density at radius 1 is 1.57 bits per heavy atom. The van der Waals surface area contributed by atoms with Crippen LogP contribution in [0.25, 0.3) is 0 Å². The Morgan fingerprint density at radius 2 is 2.24 bits per heavy atom. The normalized spacial score (nSPS) is 14.2. The number of esters is 1. The van der Waals surface area contributed by atoms with Crippen molar-refractivity contribution in [3.05, 3.63) is 10.5 Å². The lowest BCUT2D eigenvalue weighted by atomic mass is 9.97. The minimum absolute atomic E-state index is 0.0661. The fraction of sp³-hybridized carbons (Fsp3) is 0.769. The molecule has 1 rings (SSSR count). The number of H-pyrrole nitrogens is 1. The van der Waals surface area contributed by atoms with E-state index in [4.69, 9.17) is 4.74 Å². The first kappa shape index (κ1) is 17.8. The number of methoxy groups -OCH3 is 1. The lowest BCUT2D eigenvalue weighted by Crippen LogP contribution is -2.48. The number of carbonyl (C=O) groups excluding carboxylic acids is 1. The standard InChI is InChI=1S/C13H24N4O3S/c1-9(2)17-11(19)15-16-12(17)21-8-6-7-13(3,14-4)10(18)20-5/h9,14H,6-8H2,1-5H3,(H,15,19). The van der Waals surface area contributed by atoms with Gasteiger partial charge < -0.3 is 10.1 Å². The molecule has 2 N–H and O–H groups in total. The van der Waals surface area contributed by atoms with Crippen LogP contribution in [0, 0.1) is 0 Å². The highest BCUT2D eigenvalue weighted by Gasteiger charge is 2.31. The molecule has 0 bridgehead atoms. The fourth-order valence-corrected chi connectivity index (χ4v) is 3.01. The lowest BCUT2D eigenvalue weighted by molar-refractivity contribution is -0.148. The van der Waals surface area contributed by atoms with E-state index in [1.165, 1.54) is 18.9 Å². The number of rotatable bonds is 8. The Bertz CT molecular complexity index is 526. The van der Waals surface area contributed by atoms with Crippen molar-refractivity contribution in [1.82, 2.24) is 20.1 Å². The second-order valence-electron chi connectivity index (χ2n) is 5.30. The first-order valence-electron chi connectivity index (χ1n) is 6.92. The minimum atomic E-state index is -0.682. The number of aromatic nitrogens is 3. The third kappa shape index (κ3) is 4.34. The molecule has 120 valence electrons. The van der Waals surface area contributed by atoms with E-state index in [1.807, 2.05) is 20.8 Å². The van der Waals surface area contributed by atoms with Crippen LogP contribution in [0.15, 0.2) is 9.95 Å². The van der Waals surface area contributed by atoms with Gasteiger partial charge in [0.1, 0.15) is 5.54 Å². The quantitative estimate of drug-likeness (QED) is 0.425. The zero-order chi connectivity index (χ0) is 16.0. The summed E-state index contributed by atoms with van der Waals surface area (Å²) in [6.45, 7) is 5.70. The molecule has 0 aliphatic rings. The van der Waals surface area contributed by atoms with Gasteiger partial charge in [0.15, 0.2) is 5.16 Å². The van der Waals surface area contributed by atoms with Gasteiger partial charge >= 0.3 is 11.7 Å². The number of nitrogens with one attached hydrogen (secondary N) is 2. The maximum Gasteiger partial charge on any atom is 0.344 e. The molecule has 1 heterocycles. The zero-order valence-corrected chi connectivity index (χ0v) is 14.0. The molecule has 1 aromatic rings. The van der Waals surface area contributed by atoms with E-state index in [1.54, 1.807) is 11.6 Å². The summed E-state index contributed by atoms with van der Waals surface area (Å²) in [5, 5.41) is 10.2. The highest BCUT2D eigenvalue weighted by Crippen LogP contribution is 2.21. The molecule has 1 atom stereocenters. The van der Waals surface area contributed by atoms with Gasteiger partial charge in [0.05, 0.1) is 7.11 Å². The van der Waals surface area contributed by atoms with Crippen molar-refractivity contribution < 1.29 is 9.53 Å². The number of hydrogen-bond donors (Lipinski definition) is 2. The topological polar surface area (TPSA) is 89.0 Å². The fourth-order valence-electron chi connectivity index (χ4n) is 1.99. The van der Waals surface area contributed by atoms with E-state index < -0.39 is 5.54 Å². The first-order valence-corrected chi connectivity index (χ1v) is 7.91. The molecular weight excluding hydrogens is 292 g/mol. The van der Waals surface area contributed by atoms with Gasteiger partial charge in [-0.25, -0.2) is 9.89 Å². The number of ether oxygens (including phenoxy) is 1. The number of hydrogen-bond acceptors (Lipinski definition) is 6. The van der Waals surface area contributed by atoms with Gasteiger partial charge in [-0.1, -0.05) is 11.8 Å². The number of thioether (sulfide) groups is 1. The number of likely N-dealkylation sites (N-methyl/N-ethyl adjacent to an activating group) is 1. The highest BCUT2D eigenvalue weighted by atomic mass is 32.2. The summed E-state index contributed by atoms with van der Waals surface area (Å²) in [5.41, 5.74) is -0.874. The summed E-state index contributed by atoms with van der Waals surface area (Å²) in [5.74, 6) is 0.500. The van der Waals surface area contributed by atoms with Gasteiger partial charge in [-0.3, -0.25) is 9.36 Å². The number of carbonyl (C=O) groups is 1. The van der Waals surface area contributed by atoms with E-state index in [0.717, 1.165) is 12.2 Å². The van der Waals surface area contributed by atoms with Gasteiger partial charge in [-0.15, -0.1) is 5.10 Å². The van der Waals surface area contributed by atoms with Crippen LogP contribution in [-0.4, -0.2) is 46.2 Å². The van der Waals surface area contributed by atoms with Crippen molar-refractivity contribution in [3.8, 4) is 0 Å². The van der Waals surface area contributed by atoms with Gasteiger partial charge in [0.25, 0.3) is 0 Å². The average molecular weight is 316 g/mol. The average Bonchev–Trinajstić information content (AvgIpc) is 2.83. The molecule has 0 saturated carbocycles. The Morgan fingerprint density at radius 3 is 2.76 bits per heavy atom. The van der Waals surface area contributed by atoms with Crippen LogP contribution in [0.1, 0.15) is 39.7 Å². The SMILES string of the molecule is CNC(C)(CCCSc1n[nH]c(=O)n1C(C)C)C(=O)OC. The van der Waals surface area contributed by atoms with Crippen molar-refractivity contribution in [2.75, 3.05) is 19.9 Å². The Balaban J connectivity index is 2.55.